The molecule has 5 rings (SSSR count). The van der Waals surface area contributed by atoms with Crippen LogP contribution in [0.4, 0.5) is 11.8 Å². The predicted molar refractivity (Wildman–Crippen MR) is 119 cm³/mol. The summed E-state index contributed by atoms with van der Waals surface area (Å²) in [4.78, 5) is 21.3. The first-order valence-electron chi connectivity index (χ1n) is 10.6. The van der Waals surface area contributed by atoms with Crippen molar-refractivity contribution in [3.63, 3.8) is 0 Å². The van der Waals surface area contributed by atoms with Gasteiger partial charge in [-0.1, -0.05) is 12.0 Å². The minimum atomic E-state index is -1.04. The molecule has 5 heterocycles. The highest BCUT2D eigenvalue weighted by atomic mass is 32.2. The molecule has 2 aromatic heterocycles. The molecule has 3 aliphatic heterocycles. The van der Waals surface area contributed by atoms with E-state index in [1.165, 1.54) is 0 Å². The van der Waals surface area contributed by atoms with E-state index in [2.05, 4.69) is 32.2 Å². The smallest absolute Gasteiger partial charge is 0.227 e. The van der Waals surface area contributed by atoms with Gasteiger partial charge in [0, 0.05) is 56.9 Å². The number of nitrogens with zero attached hydrogens (tertiary/aromatic N) is 5. The van der Waals surface area contributed by atoms with Crippen LogP contribution in [-0.2, 0) is 22.0 Å². The number of fused-ring (bicyclic) bond motifs is 1. The van der Waals surface area contributed by atoms with Crippen molar-refractivity contribution in [2.45, 2.75) is 36.6 Å². The molecule has 1 fully saturated rings. The van der Waals surface area contributed by atoms with Crippen molar-refractivity contribution in [1.29, 1.82) is 0 Å². The van der Waals surface area contributed by atoms with Crippen LogP contribution in [0.15, 0.2) is 23.4 Å². The zero-order valence-corrected chi connectivity index (χ0v) is 18.0. The molecule has 0 bridgehead atoms. The van der Waals surface area contributed by atoms with Crippen LogP contribution >= 0.6 is 0 Å². The minimum absolute atomic E-state index is 0.286. The second kappa shape index (κ2) is 8.73. The first-order valence-corrected chi connectivity index (χ1v) is 11.9. The van der Waals surface area contributed by atoms with Gasteiger partial charge in [0.1, 0.15) is 10.7 Å². The van der Waals surface area contributed by atoms with Crippen molar-refractivity contribution in [2.24, 2.45) is 0 Å². The van der Waals surface area contributed by atoms with E-state index in [1.54, 1.807) is 12.4 Å². The molecular weight excluding hydrogens is 412 g/mol. The summed E-state index contributed by atoms with van der Waals surface area (Å²) in [7, 11) is -1.04. The molecule has 0 unspecified atom stereocenters. The number of terminal acetylenes is 1. The average Bonchev–Trinajstić information content (AvgIpc) is 3.21. The van der Waals surface area contributed by atoms with Gasteiger partial charge in [0.05, 0.1) is 22.1 Å². The Morgan fingerprint density at radius 1 is 1.19 bits per heavy atom. The molecule has 0 aromatic carbocycles. The largest absolute Gasteiger partial charge is 0.381 e. The van der Waals surface area contributed by atoms with Crippen LogP contribution in [0.5, 0.6) is 0 Å². The van der Waals surface area contributed by atoms with Crippen molar-refractivity contribution in [3.8, 4) is 12.3 Å². The molecule has 31 heavy (non-hydrogen) atoms. The Hall–Kier alpha value is -2.83. The maximum atomic E-state index is 12.6. The van der Waals surface area contributed by atoms with Gasteiger partial charge in [-0.2, -0.15) is 4.98 Å². The Balaban J connectivity index is 1.38. The standard InChI is InChI=1S/C22H24N6O2S/c1-2-15-13-23-20(24-14-15)16-3-8-28(9-4-16)22-26-18-7-12-31(29)19(18)21(27-22)25-17-5-10-30-11-6-17/h1,3,13-14,17H,4-12H2,(H,25,26,27)/t31-/m0/s1. The molecule has 0 spiro atoms. The number of rotatable bonds is 4. The van der Waals surface area contributed by atoms with Crippen LogP contribution in [0.25, 0.3) is 5.57 Å². The van der Waals surface area contributed by atoms with Gasteiger partial charge in [0.25, 0.3) is 0 Å². The number of aromatic nitrogens is 4. The predicted octanol–water partition coefficient (Wildman–Crippen LogP) is 1.80. The van der Waals surface area contributed by atoms with E-state index in [0.29, 0.717) is 29.6 Å². The van der Waals surface area contributed by atoms with Crippen molar-refractivity contribution in [2.75, 3.05) is 42.3 Å². The number of hydrogen-bond donors (Lipinski definition) is 1. The Labute approximate surface area is 184 Å². The molecule has 3 aliphatic rings. The van der Waals surface area contributed by atoms with Crippen LogP contribution in [0.2, 0.25) is 0 Å². The minimum Gasteiger partial charge on any atom is -0.381 e. The van der Waals surface area contributed by atoms with E-state index in [0.717, 1.165) is 67.4 Å². The summed E-state index contributed by atoms with van der Waals surface area (Å²) in [5.41, 5.74) is 2.68. The van der Waals surface area contributed by atoms with Crippen LogP contribution in [-0.4, -0.2) is 62.2 Å². The molecule has 0 aliphatic carbocycles. The lowest BCUT2D eigenvalue weighted by atomic mass is 10.1. The van der Waals surface area contributed by atoms with E-state index in [-0.39, 0.29) is 6.04 Å². The Kier molecular flexibility index (Phi) is 5.66. The fourth-order valence-corrected chi connectivity index (χ4v) is 5.39. The molecule has 8 nitrogen and oxygen atoms in total. The maximum Gasteiger partial charge on any atom is 0.227 e. The van der Waals surface area contributed by atoms with Gasteiger partial charge in [-0.25, -0.2) is 15.0 Å². The molecule has 160 valence electrons. The van der Waals surface area contributed by atoms with Crippen LogP contribution in [0.3, 0.4) is 0 Å². The summed E-state index contributed by atoms with van der Waals surface area (Å²) >= 11 is 0. The Morgan fingerprint density at radius 2 is 2.00 bits per heavy atom. The fraction of sp³-hybridized carbons (Fsp3) is 0.455. The van der Waals surface area contributed by atoms with Crippen molar-refractivity contribution in [1.82, 2.24) is 19.9 Å². The van der Waals surface area contributed by atoms with Crippen LogP contribution in [0.1, 0.15) is 36.3 Å². The second-order valence-corrected chi connectivity index (χ2v) is 9.35. The summed E-state index contributed by atoms with van der Waals surface area (Å²) in [6, 6.07) is 0.286. The third kappa shape index (κ3) is 4.18. The topological polar surface area (TPSA) is 93.1 Å². The molecule has 1 atom stereocenters. The van der Waals surface area contributed by atoms with Gasteiger partial charge < -0.3 is 15.0 Å². The maximum absolute atomic E-state index is 12.6. The summed E-state index contributed by atoms with van der Waals surface area (Å²) in [6.07, 6.45) is 14.2. The second-order valence-electron chi connectivity index (χ2n) is 7.84. The van der Waals surface area contributed by atoms with E-state index in [4.69, 9.17) is 21.1 Å². The summed E-state index contributed by atoms with van der Waals surface area (Å²) in [6.45, 7) is 2.93. The molecule has 0 amide bonds. The zero-order valence-electron chi connectivity index (χ0n) is 17.2. The first kappa shape index (κ1) is 20.1. The van der Waals surface area contributed by atoms with Crippen LogP contribution in [0, 0.1) is 12.3 Å². The zero-order chi connectivity index (χ0) is 21.2. The highest BCUT2D eigenvalue weighted by molar-refractivity contribution is 7.85. The van der Waals surface area contributed by atoms with Gasteiger partial charge in [0.2, 0.25) is 5.95 Å². The summed E-state index contributed by atoms with van der Waals surface area (Å²) < 4.78 is 18.0. The molecule has 1 saturated heterocycles. The Morgan fingerprint density at radius 3 is 2.71 bits per heavy atom. The number of nitrogens with one attached hydrogen (secondary N) is 1. The normalized spacial score (nSPS) is 21.3. The molecular formula is C22H24N6O2S. The average molecular weight is 437 g/mol. The number of hydrogen-bond acceptors (Lipinski definition) is 8. The van der Waals surface area contributed by atoms with Crippen molar-refractivity contribution in [3.05, 3.63) is 35.6 Å². The van der Waals surface area contributed by atoms with E-state index in [9.17, 15) is 4.21 Å². The highest BCUT2D eigenvalue weighted by Crippen LogP contribution is 2.32. The lowest BCUT2D eigenvalue weighted by Gasteiger charge is -2.28. The van der Waals surface area contributed by atoms with Crippen molar-refractivity contribution < 1.29 is 8.95 Å². The number of aryl methyl sites for hydroxylation is 1. The number of anilines is 2. The van der Waals surface area contributed by atoms with E-state index in [1.807, 2.05) is 0 Å². The van der Waals surface area contributed by atoms with Gasteiger partial charge in [-0.3, -0.25) is 4.21 Å². The SMILES string of the molecule is C#Cc1cnc(C2=CCN(c3nc4c(c(NC5CCOCC5)n3)[S@@](=O)CC4)CC2)nc1. The molecule has 9 heteroatoms. The first-order chi connectivity index (χ1) is 15.2. The van der Waals surface area contributed by atoms with Gasteiger partial charge >= 0.3 is 0 Å². The van der Waals surface area contributed by atoms with E-state index < -0.39 is 10.8 Å². The third-order valence-corrected chi connectivity index (χ3v) is 7.29. The number of ether oxygens (including phenoxy) is 1. The molecule has 1 N–H and O–H groups in total. The monoisotopic (exact) mass is 436 g/mol. The molecule has 0 radical (unpaired) electrons. The lowest BCUT2D eigenvalue weighted by Crippen LogP contribution is -2.32. The van der Waals surface area contributed by atoms with Gasteiger partial charge in [-0.15, -0.1) is 6.42 Å². The van der Waals surface area contributed by atoms with Gasteiger partial charge in [-0.05, 0) is 24.8 Å². The van der Waals surface area contributed by atoms with E-state index >= 15 is 0 Å². The van der Waals surface area contributed by atoms with Crippen LogP contribution < -0.4 is 10.2 Å². The van der Waals surface area contributed by atoms with Gasteiger partial charge in [0.15, 0.2) is 5.82 Å². The molecule has 2 aromatic rings. The highest BCUT2D eigenvalue weighted by Gasteiger charge is 2.29. The molecule has 0 saturated carbocycles. The summed E-state index contributed by atoms with van der Waals surface area (Å²) in [5, 5.41) is 3.53. The summed E-state index contributed by atoms with van der Waals surface area (Å²) in [5.74, 6) is 5.28. The quantitative estimate of drug-likeness (QED) is 0.726. The van der Waals surface area contributed by atoms with Crippen molar-refractivity contribution >= 4 is 28.1 Å². The third-order valence-electron chi connectivity index (χ3n) is 5.84. The Bertz CT molecular complexity index is 1070. The lowest BCUT2D eigenvalue weighted by molar-refractivity contribution is 0.0903. The fourth-order valence-electron chi connectivity index (χ4n) is 4.08.